The summed E-state index contributed by atoms with van der Waals surface area (Å²) in [7, 11) is 0. The van der Waals surface area contributed by atoms with E-state index in [4.69, 9.17) is 5.73 Å². The highest BCUT2D eigenvalue weighted by Crippen LogP contribution is 2.27. The Balaban J connectivity index is 2.06. The Bertz CT molecular complexity index is 387. The highest BCUT2D eigenvalue weighted by Gasteiger charge is 2.22. The number of nitrogens with zero attached hydrogens (tertiary/aromatic N) is 1. The number of rotatable bonds is 5. The number of benzene rings is 1. The summed E-state index contributed by atoms with van der Waals surface area (Å²) in [5.41, 5.74) is 9.87. The summed E-state index contributed by atoms with van der Waals surface area (Å²) in [6.07, 6.45) is 6.36. The Morgan fingerprint density at radius 1 is 1.33 bits per heavy atom. The minimum absolute atomic E-state index is 0.750. The smallest absolute Gasteiger partial charge is 0.0350 e. The molecule has 0 aliphatic carbocycles. The molecule has 0 amide bonds. The Kier molecular flexibility index (Phi) is 4.65. The largest absolute Gasteiger partial charge is 0.398 e. The third-order valence-electron chi connectivity index (χ3n) is 4.21. The van der Waals surface area contributed by atoms with Crippen molar-refractivity contribution in [3.05, 3.63) is 29.3 Å². The maximum absolute atomic E-state index is 6.06. The van der Waals surface area contributed by atoms with E-state index in [1.165, 1.54) is 43.4 Å². The van der Waals surface area contributed by atoms with Gasteiger partial charge in [-0.2, -0.15) is 0 Å². The summed E-state index contributed by atoms with van der Waals surface area (Å²) < 4.78 is 0. The molecule has 0 fully saturated rings. The fraction of sp³-hybridized carbons (Fsp3) is 0.625. The minimum Gasteiger partial charge on any atom is -0.398 e. The molecule has 2 rings (SSSR count). The van der Waals surface area contributed by atoms with Crippen molar-refractivity contribution in [1.29, 1.82) is 0 Å². The molecule has 1 heterocycles. The molecule has 1 aliphatic heterocycles. The van der Waals surface area contributed by atoms with Gasteiger partial charge in [-0.05, 0) is 36.5 Å². The first kappa shape index (κ1) is 13.4. The zero-order valence-electron chi connectivity index (χ0n) is 11.8. The van der Waals surface area contributed by atoms with Crippen molar-refractivity contribution in [3.8, 4) is 0 Å². The van der Waals surface area contributed by atoms with Gasteiger partial charge in [0.1, 0.15) is 0 Å². The molecule has 18 heavy (non-hydrogen) atoms. The molecule has 1 atom stereocenters. The van der Waals surface area contributed by atoms with Crippen molar-refractivity contribution in [2.75, 3.05) is 12.3 Å². The summed E-state index contributed by atoms with van der Waals surface area (Å²) in [6, 6.07) is 7.11. The predicted octanol–water partition coefficient (Wildman–Crippen LogP) is 3.60. The van der Waals surface area contributed by atoms with Crippen LogP contribution in [0.1, 0.15) is 50.7 Å². The normalized spacial score (nSPS) is 17.4. The van der Waals surface area contributed by atoms with Gasteiger partial charge in [-0.1, -0.05) is 38.8 Å². The van der Waals surface area contributed by atoms with Gasteiger partial charge in [0.2, 0.25) is 0 Å². The van der Waals surface area contributed by atoms with Crippen molar-refractivity contribution < 1.29 is 0 Å². The Labute approximate surface area is 111 Å². The number of fused-ring (bicyclic) bond motifs is 1. The van der Waals surface area contributed by atoms with Crippen molar-refractivity contribution in [3.63, 3.8) is 0 Å². The van der Waals surface area contributed by atoms with Crippen LogP contribution in [0.15, 0.2) is 18.2 Å². The summed E-state index contributed by atoms with van der Waals surface area (Å²) >= 11 is 0. The van der Waals surface area contributed by atoms with Crippen molar-refractivity contribution >= 4 is 5.69 Å². The lowest BCUT2D eigenvalue weighted by atomic mass is 9.95. The monoisotopic (exact) mass is 246 g/mol. The maximum atomic E-state index is 6.06. The molecule has 0 radical (unpaired) electrons. The third-order valence-corrected chi connectivity index (χ3v) is 4.21. The number of unbranched alkanes of at least 4 members (excludes halogenated alkanes) is 1. The van der Waals surface area contributed by atoms with Crippen molar-refractivity contribution in [2.24, 2.45) is 0 Å². The van der Waals surface area contributed by atoms with Gasteiger partial charge in [-0.15, -0.1) is 0 Å². The number of nitrogens with two attached hydrogens (primary N) is 1. The van der Waals surface area contributed by atoms with Gasteiger partial charge in [0.05, 0.1) is 0 Å². The molecule has 2 N–H and O–H groups in total. The highest BCUT2D eigenvalue weighted by molar-refractivity contribution is 5.51. The average Bonchev–Trinajstić information content (AvgIpc) is 2.40. The van der Waals surface area contributed by atoms with Gasteiger partial charge < -0.3 is 5.73 Å². The van der Waals surface area contributed by atoms with E-state index in [0.29, 0.717) is 0 Å². The Hall–Kier alpha value is -1.02. The molecule has 1 unspecified atom stereocenters. The van der Waals surface area contributed by atoms with Crippen LogP contribution in [-0.2, 0) is 13.0 Å². The van der Waals surface area contributed by atoms with Gasteiger partial charge in [-0.25, -0.2) is 0 Å². The molecule has 0 aromatic heterocycles. The second-order valence-corrected chi connectivity index (χ2v) is 5.41. The first-order chi connectivity index (χ1) is 8.76. The average molecular weight is 246 g/mol. The summed E-state index contributed by atoms with van der Waals surface area (Å²) in [5, 5.41) is 0. The number of nitrogen functional groups attached to an aromatic ring is 1. The van der Waals surface area contributed by atoms with Gasteiger partial charge in [0.15, 0.2) is 0 Å². The standard InChI is InChI=1S/C16H26N2/c1-3-5-8-14(4-2)18-11-10-15-13(12-18)7-6-9-16(15)17/h6-7,9,14H,3-5,8,10-12,17H2,1-2H3. The summed E-state index contributed by atoms with van der Waals surface area (Å²) in [6.45, 7) is 6.85. The molecule has 0 saturated heterocycles. The second kappa shape index (κ2) is 6.24. The van der Waals surface area contributed by atoms with Crippen molar-refractivity contribution in [1.82, 2.24) is 4.90 Å². The zero-order valence-corrected chi connectivity index (χ0v) is 11.8. The zero-order chi connectivity index (χ0) is 13.0. The fourth-order valence-corrected chi connectivity index (χ4v) is 3.06. The molecule has 2 nitrogen and oxygen atoms in total. The van der Waals surface area contributed by atoms with Crippen LogP contribution in [0.4, 0.5) is 5.69 Å². The van der Waals surface area contributed by atoms with E-state index in [9.17, 15) is 0 Å². The lowest BCUT2D eigenvalue weighted by Gasteiger charge is -2.35. The Morgan fingerprint density at radius 2 is 2.17 bits per heavy atom. The van der Waals surface area contributed by atoms with E-state index in [1.807, 2.05) is 6.07 Å². The third kappa shape index (κ3) is 2.86. The SMILES string of the molecule is CCCCC(CC)N1CCc2c(N)cccc2C1. The van der Waals surface area contributed by atoms with Gasteiger partial charge >= 0.3 is 0 Å². The summed E-state index contributed by atoms with van der Waals surface area (Å²) in [5.74, 6) is 0. The van der Waals surface area contributed by atoms with Crippen LogP contribution in [-0.4, -0.2) is 17.5 Å². The topological polar surface area (TPSA) is 29.3 Å². The van der Waals surface area contributed by atoms with E-state index in [-0.39, 0.29) is 0 Å². The van der Waals surface area contributed by atoms with Crippen LogP contribution in [0, 0.1) is 0 Å². The number of anilines is 1. The van der Waals surface area contributed by atoms with Crippen LogP contribution in [0.25, 0.3) is 0 Å². The first-order valence-corrected chi connectivity index (χ1v) is 7.36. The van der Waals surface area contributed by atoms with E-state index in [2.05, 4.69) is 30.9 Å². The molecule has 0 spiro atoms. The number of hydrogen-bond acceptors (Lipinski definition) is 2. The number of hydrogen-bond donors (Lipinski definition) is 1. The molecule has 1 aromatic carbocycles. The minimum atomic E-state index is 0.750. The highest BCUT2D eigenvalue weighted by atomic mass is 15.2. The Morgan fingerprint density at radius 3 is 2.89 bits per heavy atom. The quantitative estimate of drug-likeness (QED) is 0.804. The molecular weight excluding hydrogens is 220 g/mol. The van der Waals surface area contributed by atoms with Crippen LogP contribution in [0.3, 0.4) is 0 Å². The van der Waals surface area contributed by atoms with Crippen LogP contribution >= 0.6 is 0 Å². The second-order valence-electron chi connectivity index (χ2n) is 5.41. The van der Waals surface area contributed by atoms with Crippen LogP contribution in [0.5, 0.6) is 0 Å². The molecule has 2 heteroatoms. The van der Waals surface area contributed by atoms with Gasteiger partial charge in [0.25, 0.3) is 0 Å². The van der Waals surface area contributed by atoms with E-state index in [1.54, 1.807) is 0 Å². The van der Waals surface area contributed by atoms with Gasteiger partial charge in [-0.3, -0.25) is 4.90 Å². The maximum Gasteiger partial charge on any atom is 0.0350 e. The molecular formula is C16H26N2. The first-order valence-electron chi connectivity index (χ1n) is 7.36. The van der Waals surface area contributed by atoms with Crippen LogP contribution in [0.2, 0.25) is 0 Å². The van der Waals surface area contributed by atoms with Crippen molar-refractivity contribution in [2.45, 2.75) is 58.5 Å². The molecule has 1 aliphatic rings. The lowest BCUT2D eigenvalue weighted by molar-refractivity contribution is 0.162. The summed E-state index contributed by atoms with van der Waals surface area (Å²) in [4.78, 5) is 2.65. The fourth-order valence-electron chi connectivity index (χ4n) is 3.06. The molecule has 0 saturated carbocycles. The van der Waals surface area contributed by atoms with Crippen LogP contribution < -0.4 is 5.73 Å². The lowest BCUT2D eigenvalue weighted by Crippen LogP contribution is -2.39. The molecule has 100 valence electrons. The molecule has 1 aromatic rings. The van der Waals surface area contributed by atoms with Gasteiger partial charge in [0, 0.05) is 24.8 Å². The molecule has 0 bridgehead atoms. The predicted molar refractivity (Wildman–Crippen MR) is 78.6 cm³/mol. The van der Waals surface area contributed by atoms with E-state index >= 15 is 0 Å². The van der Waals surface area contributed by atoms with E-state index < -0.39 is 0 Å². The van der Waals surface area contributed by atoms with E-state index in [0.717, 1.165) is 24.7 Å².